The molecule has 10 aliphatic rings. The van der Waals surface area contributed by atoms with E-state index in [2.05, 4.69) is 312 Å². The van der Waals surface area contributed by atoms with Crippen LogP contribution in [0.15, 0.2) is 290 Å². The second kappa shape index (κ2) is 49.5. The molecular formula is C132H148Ge3Ir3N3O6-3. The summed E-state index contributed by atoms with van der Waals surface area (Å²) in [4.78, 5) is 52.6. The van der Waals surface area contributed by atoms with E-state index in [-0.39, 0.29) is 100 Å². The average Bonchev–Trinajstić information content (AvgIpc) is 0.729. The van der Waals surface area contributed by atoms with Crippen LogP contribution in [-0.2, 0) is 69.9 Å². The molecule has 0 atom stereocenters. The minimum Gasteiger partial charge on any atom is -0.512 e. The van der Waals surface area contributed by atoms with Gasteiger partial charge in [0.05, 0.1) is 0 Å². The van der Waals surface area contributed by atoms with E-state index >= 15 is 0 Å². The topological polar surface area (TPSA) is 151 Å². The zero-order valence-electron chi connectivity index (χ0n) is 89.1. The number of benzene rings is 11. The molecule has 147 heavy (non-hydrogen) atoms. The number of carbonyl (C=O) groups is 3. The summed E-state index contributed by atoms with van der Waals surface area (Å²) in [7, 11) is 0. The number of aromatic nitrogens is 3. The Hall–Kier alpha value is -9.14. The average molecular weight is 2670 g/mol. The van der Waals surface area contributed by atoms with Gasteiger partial charge in [0, 0.05) is 112 Å². The van der Waals surface area contributed by atoms with Crippen LogP contribution < -0.4 is 13.2 Å². The van der Waals surface area contributed by atoms with Crippen LogP contribution in [0.25, 0.3) is 106 Å². The van der Waals surface area contributed by atoms with Gasteiger partial charge in [0.15, 0.2) is 17.3 Å². The van der Waals surface area contributed by atoms with E-state index in [0.717, 1.165) is 167 Å². The number of rotatable bonds is 18. The summed E-state index contributed by atoms with van der Waals surface area (Å²) in [6.45, 7) is 14.5. The zero-order chi connectivity index (χ0) is 102. The molecule has 14 aromatic rings. The largest absolute Gasteiger partial charge is 0.512 e. The first-order chi connectivity index (χ1) is 68.9. The van der Waals surface area contributed by atoms with Crippen molar-refractivity contribution in [2.75, 3.05) is 0 Å². The molecule has 8 bridgehead atoms. The van der Waals surface area contributed by atoms with E-state index < -0.39 is 39.8 Å². The summed E-state index contributed by atoms with van der Waals surface area (Å²) >= 11 is -5.78. The fourth-order valence-electron chi connectivity index (χ4n) is 25.4. The third-order valence-electron chi connectivity index (χ3n) is 32.1. The van der Waals surface area contributed by atoms with Crippen LogP contribution in [0.3, 0.4) is 0 Å². The minimum atomic E-state index is -1.93. The number of nitrogens with zero attached hydrogens (tertiary/aromatic N) is 3. The van der Waals surface area contributed by atoms with Crippen LogP contribution in [0.5, 0.6) is 0 Å². The van der Waals surface area contributed by atoms with Gasteiger partial charge in [-0.05, 0) is 145 Å². The quantitative estimate of drug-likeness (QED) is 0.0251. The third kappa shape index (κ3) is 28.1. The molecule has 3 N–H and O–H groups in total. The van der Waals surface area contributed by atoms with Gasteiger partial charge >= 0.3 is 513 Å². The minimum absolute atomic E-state index is 0. The van der Waals surface area contributed by atoms with Gasteiger partial charge in [-0.15, -0.1) is 0 Å². The van der Waals surface area contributed by atoms with Crippen LogP contribution in [0.1, 0.15) is 197 Å². The van der Waals surface area contributed by atoms with Gasteiger partial charge in [0.2, 0.25) is 0 Å². The normalized spacial score (nSPS) is 20.5. The van der Waals surface area contributed by atoms with Gasteiger partial charge in [-0.25, -0.2) is 0 Å². The maximum absolute atomic E-state index is 13.4. The Balaban J connectivity index is 0.000000140. The third-order valence-corrected chi connectivity index (χ3v) is 44.9. The fourth-order valence-corrected chi connectivity index (χ4v) is 32.7. The van der Waals surface area contributed by atoms with Crippen LogP contribution in [0, 0.1) is 118 Å². The van der Waals surface area contributed by atoms with Crippen LogP contribution in [0.4, 0.5) is 0 Å². The maximum Gasteiger partial charge on any atom is 0.189 e. The Morgan fingerprint density at radius 1 is 0.340 bits per heavy atom. The van der Waals surface area contributed by atoms with Crippen LogP contribution in [0.2, 0.25) is 51.8 Å². The molecule has 24 rings (SSSR count). The number of hydrogen-bond donors (Lipinski definition) is 3. The Labute approximate surface area is 924 Å². The van der Waals surface area contributed by atoms with E-state index in [4.69, 9.17) is 15.0 Å². The van der Waals surface area contributed by atoms with E-state index in [1.54, 1.807) is 42.5 Å². The van der Waals surface area contributed by atoms with E-state index in [1.165, 1.54) is 163 Å². The van der Waals surface area contributed by atoms with E-state index in [0.29, 0.717) is 34.0 Å². The number of allylic oxidation sites excluding steroid dienone is 5. The number of Topliss-reactive ketones (excluding diaryl/α,β-unsaturated/α-hetero) is 1. The first-order valence-corrected chi connectivity index (χ1v) is 75.5. The van der Waals surface area contributed by atoms with Gasteiger partial charge in [-0.1, -0.05) is 99.2 Å². The molecule has 9 nitrogen and oxygen atoms in total. The molecule has 0 amide bonds. The molecule has 10 fully saturated rings. The maximum atomic E-state index is 13.4. The fraction of sp³-hybridized carbons (Fsp3) is 0.364. The molecule has 3 radical (unpaired) electrons. The van der Waals surface area contributed by atoms with Crippen molar-refractivity contribution in [1.82, 2.24) is 15.0 Å². The molecule has 0 unspecified atom stereocenters. The van der Waals surface area contributed by atoms with Crippen molar-refractivity contribution < 1.29 is 90.0 Å². The van der Waals surface area contributed by atoms with Crippen LogP contribution in [-0.4, -0.2) is 87.4 Å². The van der Waals surface area contributed by atoms with Gasteiger partial charge < -0.3 is 15.3 Å². The molecule has 769 valence electrons. The molecule has 11 aromatic carbocycles. The number of pyridine rings is 3. The Morgan fingerprint density at radius 2 is 0.633 bits per heavy atom. The second-order valence-electron chi connectivity index (χ2n) is 46.9. The Kier molecular flexibility index (Phi) is 38.2. The van der Waals surface area contributed by atoms with Gasteiger partial charge in [-0.3, -0.25) is 14.4 Å². The summed E-state index contributed by atoms with van der Waals surface area (Å²) < 4.78 is 4.53. The molecule has 0 saturated heterocycles. The summed E-state index contributed by atoms with van der Waals surface area (Å²) in [5.74, 6) is 28.4. The van der Waals surface area contributed by atoms with Crippen LogP contribution >= 0.6 is 0 Å². The van der Waals surface area contributed by atoms with Gasteiger partial charge in [0.25, 0.3) is 0 Å². The number of fused-ring (bicyclic) bond motifs is 3. The van der Waals surface area contributed by atoms with E-state index in [9.17, 15) is 29.7 Å². The number of aliphatic hydroxyl groups is 3. The molecule has 15 heteroatoms. The van der Waals surface area contributed by atoms with Gasteiger partial charge in [0.1, 0.15) is 17.3 Å². The predicted octanol–water partition coefficient (Wildman–Crippen LogP) is 33.0. The number of hydrogen-bond acceptors (Lipinski definition) is 9. The number of carbonyl (C=O) groups excluding carboxylic acids is 3. The Morgan fingerprint density at radius 3 is 0.939 bits per heavy atom. The first-order valence-electron chi connectivity index (χ1n) is 53.4. The van der Waals surface area contributed by atoms with Crippen molar-refractivity contribution in [3.63, 3.8) is 0 Å². The SMILES string of the molecule is CC(C(=O)C1CCCCC1)=C(O)C1CCCCC1.Cc1[c-]c(-c2cc(-c3ccccc3)c3c[c]([Ge]([CH3])([CH3])[CH3])ccc3n2)cc(C)c1.Cc1[c-]c(-c2cc(-c3ccccc3)c3c[c]([Ge]([CH3])([CH3])[CH3])ccc3n2)cc(C)c1.Cc1[c-]c(-c2cc(-c3ccccc3)c3c[c]([Ge]([CH3])([CH3])[CH3])ccc3n2)cc(C)c1.O=C(C=C(O)C12CC3CC(CC(C3)C1)C2)C12CC3CC(CC(C3)C1)C2.O=C(C=C(O)c1ccccc1)c1ccccc1.[Ir].[Ir].[Ir]. The molecule has 10 aliphatic carbocycles. The van der Waals surface area contributed by atoms with Crippen molar-refractivity contribution in [2.24, 2.45) is 58.2 Å². The van der Waals surface area contributed by atoms with E-state index in [1.807, 2.05) is 31.2 Å². The van der Waals surface area contributed by atoms with Crippen molar-refractivity contribution in [3.05, 3.63) is 353 Å². The molecule has 3 aromatic heterocycles. The number of ketones is 3. The molecule has 10 saturated carbocycles. The first kappa shape index (κ1) is 113. The summed E-state index contributed by atoms with van der Waals surface area (Å²) in [6, 6.07) is 101. The number of aliphatic hydroxyl groups excluding tert-OH is 3. The smallest absolute Gasteiger partial charge is 0.189 e. The summed E-state index contributed by atoms with van der Waals surface area (Å²) in [6.07, 6.45) is 29.5. The summed E-state index contributed by atoms with van der Waals surface area (Å²) in [5, 5.41) is 35.0. The van der Waals surface area contributed by atoms with Gasteiger partial charge in [-0.2, -0.15) is 0 Å². The Bertz CT molecular complexity index is 6510. The second-order valence-corrected chi connectivity index (χ2v) is 78.9. The molecule has 0 spiro atoms. The van der Waals surface area contributed by atoms with Crippen molar-refractivity contribution in [1.29, 1.82) is 0 Å². The summed E-state index contributed by atoms with van der Waals surface area (Å²) in [5.41, 5.74) is 25.7. The predicted molar refractivity (Wildman–Crippen MR) is 610 cm³/mol. The molecule has 3 heterocycles. The number of aryl methyl sites for hydroxylation is 6. The monoisotopic (exact) mass is 2670 g/mol. The molecular weight excluding hydrogens is 2520 g/mol. The zero-order valence-corrected chi connectivity index (χ0v) is 103. The molecule has 0 aliphatic heterocycles. The standard InChI is InChI=1S/3C26H26GeN.C23H32O2.C16H26O2.C15H12O2.3Ir/c3*1-18-13-19(2)15-21(14-18)26-17-23(20-9-7-6-8-10-20)24-16-22(27(3,4)5)11-12-25(24)28-26;24-20(22-8-14-1-15(9-22)3-16(2-14)10-22)7-21(25)23-11-17-4-18(12-23)6-19(5-17)13-23;1-12(15(17)13-8-4-2-5-9-13)16(18)14-10-6-3-7-11-14;16-14(12-7-3-1-4-8-12)11-15(17)13-9-5-2-6-10-13;;;/h3*6-14,16-17H,1-5H3;7,14-19,24H,1-6,8-13H2;13-14,17H,2-11H2,1H3;1-11,16H;;;/q3*-1;;;;;;. The van der Waals surface area contributed by atoms with Crippen molar-refractivity contribution in [3.8, 4) is 67.2 Å². The van der Waals surface area contributed by atoms with Crippen molar-refractivity contribution >= 4 is 109 Å². The van der Waals surface area contributed by atoms with Crippen molar-refractivity contribution in [2.45, 2.75) is 242 Å².